The van der Waals surface area contributed by atoms with Gasteiger partial charge in [0.1, 0.15) is 0 Å². The van der Waals surface area contributed by atoms with Gasteiger partial charge >= 0.3 is 0 Å². The summed E-state index contributed by atoms with van der Waals surface area (Å²) >= 11 is 0. The number of morpholine rings is 1. The van der Waals surface area contributed by atoms with Gasteiger partial charge in [0, 0.05) is 63.2 Å². The number of carbonyl (C=O) groups excluding carboxylic acids is 1. The zero-order chi connectivity index (χ0) is 21.5. The van der Waals surface area contributed by atoms with Gasteiger partial charge in [-0.15, -0.1) is 24.0 Å². The van der Waals surface area contributed by atoms with E-state index in [-0.39, 0.29) is 35.8 Å². The maximum atomic E-state index is 12.1. The highest BCUT2D eigenvalue weighted by molar-refractivity contribution is 14.0. The van der Waals surface area contributed by atoms with Crippen LogP contribution in [0.1, 0.15) is 50.0 Å². The minimum atomic E-state index is 0. The van der Waals surface area contributed by atoms with Crippen molar-refractivity contribution < 1.29 is 9.53 Å². The fraction of sp³-hybridized carbons (Fsp3) is 0.667. The summed E-state index contributed by atoms with van der Waals surface area (Å²) in [5, 5.41) is 10.1. The van der Waals surface area contributed by atoms with Crippen LogP contribution in [0.2, 0.25) is 0 Å². The second-order valence-corrected chi connectivity index (χ2v) is 9.29. The Morgan fingerprint density at radius 2 is 1.94 bits per heavy atom. The fourth-order valence-corrected chi connectivity index (χ4v) is 5.32. The minimum absolute atomic E-state index is 0. The lowest BCUT2D eigenvalue weighted by Gasteiger charge is -2.42. The molecule has 1 aromatic rings. The third kappa shape index (κ3) is 6.57. The Kier molecular flexibility index (Phi) is 9.61. The molecule has 0 bridgehead atoms. The first-order valence-electron chi connectivity index (χ1n) is 11.8. The largest absolute Gasteiger partial charge is 0.379 e. The summed E-state index contributed by atoms with van der Waals surface area (Å²) in [4.78, 5) is 19.2. The number of hydrogen-bond donors (Lipinski definition) is 3. The van der Waals surface area contributed by atoms with Crippen molar-refractivity contribution in [3.05, 3.63) is 29.8 Å². The first-order valence-corrected chi connectivity index (χ1v) is 11.8. The highest BCUT2D eigenvalue weighted by Gasteiger charge is 2.34. The highest BCUT2D eigenvalue weighted by Crippen LogP contribution is 2.37. The van der Waals surface area contributed by atoms with E-state index in [1.165, 1.54) is 37.7 Å². The van der Waals surface area contributed by atoms with Crippen molar-refractivity contribution in [1.82, 2.24) is 15.5 Å². The van der Waals surface area contributed by atoms with E-state index < -0.39 is 0 Å². The summed E-state index contributed by atoms with van der Waals surface area (Å²) in [6.07, 6.45) is 7.01. The first kappa shape index (κ1) is 25.2. The SMILES string of the molecule is CN=C(NCC1CC(=O)Nc2ccccc21)NCC1(CN2CCOCC2)CCCCC1.I. The summed E-state index contributed by atoms with van der Waals surface area (Å²) < 4.78 is 5.54. The molecule has 1 unspecified atom stereocenters. The van der Waals surface area contributed by atoms with E-state index >= 15 is 0 Å². The number of ether oxygens (including phenoxy) is 1. The molecule has 32 heavy (non-hydrogen) atoms. The molecular formula is C24H38IN5O2. The van der Waals surface area contributed by atoms with E-state index in [4.69, 9.17) is 4.74 Å². The Balaban J connectivity index is 0.00000289. The number of nitrogens with one attached hydrogen (secondary N) is 3. The second kappa shape index (κ2) is 12.2. The molecule has 1 aromatic carbocycles. The van der Waals surface area contributed by atoms with Crippen LogP contribution in [-0.2, 0) is 9.53 Å². The molecule has 1 atom stereocenters. The monoisotopic (exact) mass is 555 g/mol. The van der Waals surface area contributed by atoms with Crippen molar-refractivity contribution in [3.63, 3.8) is 0 Å². The molecule has 1 saturated carbocycles. The summed E-state index contributed by atoms with van der Waals surface area (Å²) in [5.74, 6) is 1.07. The summed E-state index contributed by atoms with van der Waals surface area (Å²) in [5.41, 5.74) is 2.42. The normalized spacial score (nSPS) is 23.5. The number of hydrogen-bond acceptors (Lipinski definition) is 4. The number of carbonyl (C=O) groups is 1. The van der Waals surface area contributed by atoms with E-state index in [1.54, 1.807) is 0 Å². The Labute approximate surface area is 209 Å². The predicted molar refractivity (Wildman–Crippen MR) is 140 cm³/mol. The van der Waals surface area contributed by atoms with Gasteiger partial charge in [0.2, 0.25) is 5.91 Å². The summed E-state index contributed by atoms with van der Waals surface area (Å²) in [7, 11) is 1.83. The summed E-state index contributed by atoms with van der Waals surface area (Å²) in [6, 6.07) is 8.09. The van der Waals surface area contributed by atoms with Gasteiger partial charge in [-0.3, -0.25) is 14.7 Å². The number of anilines is 1. The van der Waals surface area contributed by atoms with Crippen LogP contribution in [-0.4, -0.2) is 69.8 Å². The van der Waals surface area contributed by atoms with E-state index in [0.717, 1.165) is 51.0 Å². The van der Waals surface area contributed by atoms with Crippen LogP contribution in [0, 0.1) is 5.41 Å². The van der Waals surface area contributed by atoms with Crippen molar-refractivity contribution in [2.75, 3.05) is 58.3 Å². The standard InChI is InChI=1S/C24H37N5O2.HI/c1-25-23(26-16-19-15-22(30)28-21-8-4-3-7-20(19)21)27-17-24(9-5-2-6-10-24)18-29-11-13-31-14-12-29;/h3-4,7-8,19H,2,5-6,9-18H2,1H3,(H,28,30)(H2,25,26,27);1H. The number of amides is 1. The molecule has 2 fully saturated rings. The summed E-state index contributed by atoms with van der Waals surface area (Å²) in [6.45, 7) is 6.55. The van der Waals surface area contributed by atoms with E-state index in [2.05, 4.69) is 31.9 Å². The topological polar surface area (TPSA) is 78.0 Å². The number of halogens is 1. The average Bonchev–Trinajstić information content (AvgIpc) is 2.80. The van der Waals surface area contributed by atoms with Crippen molar-refractivity contribution in [2.45, 2.75) is 44.4 Å². The van der Waals surface area contributed by atoms with Gasteiger partial charge in [-0.1, -0.05) is 37.5 Å². The van der Waals surface area contributed by atoms with Crippen LogP contribution >= 0.6 is 24.0 Å². The molecule has 2 heterocycles. The molecular weight excluding hydrogens is 517 g/mol. The first-order chi connectivity index (χ1) is 15.2. The highest BCUT2D eigenvalue weighted by atomic mass is 127. The predicted octanol–water partition coefficient (Wildman–Crippen LogP) is 3.18. The molecule has 2 aliphatic heterocycles. The van der Waals surface area contributed by atoms with Crippen LogP contribution in [0.5, 0.6) is 0 Å². The van der Waals surface area contributed by atoms with Crippen LogP contribution in [0.3, 0.4) is 0 Å². The van der Waals surface area contributed by atoms with E-state index in [0.29, 0.717) is 18.4 Å². The number of fused-ring (bicyclic) bond motifs is 1. The van der Waals surface area contributed by atoms with Gasteiger partial charge in [-0.05, 0) is 24.5 Å². The number of aliphatic imine (C=N–C) groups is 1. The quantitative estimate of drug-likeness (QED) is 0.286. The van der Waals surface area contributed by atoms with Crippen molar-refractivity contribution in [2.24, 2.45) is 10.4 Å². The molecule has 8 heteroatoms. The number of rotatable bonds is 6. The number of nitrogens with zero attached hydrogens (tertiary/aromatic N) is 2. The third-order valence-electron chi connectivity index (χ3n) is 7.05. The third-order valence-corrected chi connectivity index (χ3v) is 7.05. The van der Waals surface area contributed by atoms with Gasteiger partial charge < -0.3 is 20.7 Å². The Bertz CT molecular complexity index is 775. The lowest BCUT2D eigenvalue weighted by Crippen LogP contribution is -2.51. The molecule has 3 N–H and O–H groups in total. The van der Waals surface area contributed by atoms with Crippen LogP contribution in [0.15, 0.2) is 29.3 Å². The van der Waals surface area contributed by atoms with Crippen molar-refractivity contribution in [3.8, 4) is 0 Å². The fourth-order valence-electron chi connectivity index (χ4n) is 5.32. The number of guanidine groups is 1. The molecule has 3 aliphatic rings. The molecule has 0 spiro atoms. The molecule has 178 valence electrons. The average molecular weight is 556 g/mol. The molecule has 0 radical (unpaired) electrons. The maximum Gasteiger partial charge on any atom is 0.225 e. The number of para-hydroxylation sites is 1. The van der Waals surface area contributed by atoms with Gasteiger partial charge in [0.25, 0.3) is 0 Å². The molecule has 0 aromatic heterocycles. The lowest BCUT2D eigenvalue weighted by atomic mass is 9.73. The molecule has 1 amide bonds. The van der Waals surface area contributed by atoms with Crippen LogP contribution in [0.4, 0.5) is 5.69 Å². The Morgan fingerprint density at radius 1 is 1.19 bits per heavy atom. The van der Waals surface area contributed by atoms with Gasteiger partial charge in [0.15, 0.2) is 5.96 Å². The number of benzene rings is 1. The Hall–Kier alpha value is -1.39. The van der Waals surface area contributed by atoms with Gasteiger partial charge in [0.05, 0.1) is 13.2 Å². The minimum Gasteiger partial charge on any atom is -0.379 e. The zero-order valence-electron chi connectivity index (χ0n) is 19.2. The van der Waals surface area contributed by atoms with Crippen molar-refractivity contribution >= 4 is 41.5 Å². The molecule has 1 saturated heterocycles. The lowest BCUT2D eigenvalue weighted by molar-refractivity contribution is -0.116. The van der Waals surface area contributed by atoms with Crippen LogP contribution < -0.4 is 16.0 Å². The van der Waals surface area contributed by atoms with Gasteiger partial charge in [-0.2, -0.15) is 0 Å². The molecule has 4 rings (SSSR count). The smallest absolute Gasteiger partial charge is 0.225 e. The maximum absolute atomic E-state index is 12.1. The van der Waals surface area contributed by atoms with Crippen LogP contribution in [0.25, 0.3) is 0 Å². The van der Waals surface area contributed by atoms with Gasteiger partial charge in [-0.25, -0.2) is 0 Å². The molecule has 7 nitrogen and oxygen atoms in total. The Morgan fingerprint density at radius 3 is 2.69 bits per heavy atom. The zero-order valence-corrected chi connectivity index (χ0v) is 21.5. The molecule has 1 aliphatic carbocycles. The second-order valence-electron chi connectivity index (χ2n) is 9.29. The van der Waals surface area contributed by atoms with E-state index in [9.17, 15) is 4.79 Å². The van der Waals surface area contributed by atoms with E-state index in [1.807, 2.05) is 25.2 Å². The van der Waals surface area contributed by atoms with Crippen molar-refractivity contribution in [1.29, 1.82) is 0 Å².